The van der Waals surface area contributed by atoms with Crippen LogP contribution in [-0.2, 0) is 9.53 Å². The average Bonchev–Trinajstić information content (AvgIpc) is 2.69. The summed E-state index contributed by atoms with van der Waals surface area (Å²) in [6, 6.07) is 13.9. The predicted octanol–water partition coefficient (Wildman–Crippen LogP) is 3.99. The molecule has 0 bridgehead atoms. The first-order chi connectivity index (χ1) is 13.5. The monoisotopic (exact) mass is 375 g/mol. The van der Waals surface area contributed by atoms with Gasteiger partial charge in [-0.2, -0.15) is 5.26 Å². The highest BCUT2D eigenvalue weighted by atomic mass is 16.5. The van der Waals surface area contributed by atoms with Gasteiger partial charge in [0, 0.05) is 24.5 Å². The lowest BCUT2D eigenvalue weighted by Gasteiger charge is -2.29. The number of benzene rings is 2. The van der Waals surface area contributed by atoms with E-state index in [2.05, 4.69) is 16.3 Å². The van der Waals surface area contributed by atoms with E-state index in [0.717, 1.165) is 59.9 Å². The molecule has 1 fully saturated rings. The Hall–Kier alpha value is -3.10. The number of anilines is 2. The van der Waals surface area contributed by atoms with Crippen LogP contribution in [0.15, 0.2) is 42.0 Å². The van der Waals surface area contributed by atoms with Crippen molar-refractivity contribution in [1.82, 2.24) is 0 Å². The highest BCUT2D eigenvalue weighted by Gasteiger charge is 2.14. The molecule has 0 unspecified atom stereocenters. The van der Waals surface area contributed by atoms with Crippen molar-refractivity contribution in [3.05, 3.63) is 64.2 Å². The third kappa shape index (κ3) is 4.59. The van der Waals surface area contributed by atoms with Crippen LogP contribution < -0.4 is 10.2 Å². The topological polar surface area (TPSA) is 65.4 Å². The number of aryl methyl sites for hydroxylation is 3. The van der Waals surface area contributed by atoms with Crippen molar-refractivity contribution in [3.8, 4) is 6.07 Å². The van der Waals surface area contributed by atoms with Crippen LogP contribution in [0, 0.1) is 32.1 Å². The van der Waals surface area contributed by atoms with Crippen LogP contribution in [0.5, 0.6) is 0 Å². The van der Waals surface area contributed by atoms with Crippen LogP contribution in [0.25, 0.3) is 6.08 Å². The van der Waals surface area contributed by atoms with Crippen LogP contribution in [0.1, 0.15) is 22.3 Å². The lowest BCUT2D eigenvalue weighted by atomic mass is 10.0. The van der Waals surface area contributed by atoms with Crippen molar-refractivity contribution in [1.29, 1.82) is 5.26 Å². The Balaban J connectivity index is 1.79. The number of morpholine rings is 1. The van der Waals surface area contributed by atoms with Crippen LogP contribution in [0.3, 0.4) is 0 Å². The maximum Gasteiger partial charge on any atom is 0.266 e. The molecule has 1 heterocycles. The van der Waals surface area contributed by atoms with Gasteiger partial charge in [-0.1, -0.05) is 23.8 Å². The first-order valence-corrected chi connectivity index (χ1v) is 9.41. The van der Waals surface area contributed by atoms with E-state index in [1.165, 1.54) is 0 Å². The van der Waals surface area contributed by atoms with Crippen molar-refractivity contribution in [2.24, 2.45) is 0 Å². The molecule has 0 aliphatic carbocycles. The molecule has 3 rings (SSSR count). The van der Waals surface area contributed by atoms with Gasteiger partial charge < -0.3 is 15.0 Å². The number of hydrogen-bond acceptors (Lipinski definition) is 4. The minimum atomic E-state index is -0.397. The molecule has 0 radical (unpaired) electrons. The molecule has 2 aromatic carbocycles. The van der Waals surface area contributed by atoms with Gasteiger partial charge in [-0.15, -0.1) is 0 Å². The summed E-state index contributed by atoms with van der Waals surface area (Å²) >= 11 is 0. The number of nitriles is 1. The van der Waals surface area contributed by atoms with Gasteiger partial charge in [-0.3, -0.25) is 4.79 Å². The number of amides is 1. The van der Waals surface area contributed by atoms with Gasteiger partial charge in [0.2, 0.25) is 0 Å². The molecule has 1 aliphatic heterocycles. The molecule has 0 aromatic heterocycles. The van der Waals surface area contributed by atoms with Gasteiger partial charge >= 0.3 is 0 Å². The molecule has 2 aromatic rings. The Morgan fingerprint density at radius 3 is 2.50 bits per heavy atom. The van der Waals surface area contributed by atoms with Crippen molar-refractivity contribution >= 4 is 23.4 Å². The van der Waals surface area contributed by atoms with E-state index >= 15 is 0 Å². The lowest BCUT2D eigenvalue weighted by molar-refractivity contribution is -0.112. The van der Waals surface area contributed by atoms with Crippen molar-refractivity contribution < 1.29 is 9.53 Å². The van der Waals surface area contributed by atoms with Crippen molar-refractivity contribution in [3.63, 3.8) is 0 Å². The highest BCUT2D eigenvalue weighted by Crippen LogP contribution is 2.23. The number of rotatable bonds is 4. The van der Waals surface area contributed by atoms with Gasteiger partial charge in [0.15, 0.2) is 0 Å². The molecule has 1 amide bonds. The summed E-state index contributed by atoms with van der Waals surface area (Å²) in [6.07, 6.45) is 1.65. The van der Waals surface area contributed by atoms with Gasteiger partial charge in [-0.25, -0.2) is 0 Å². The van der Waals surface area contributed by atoms with E-state index < -0.39 is 5.91 Å². The normalized spacial score (nSPS) is 14.5. The molecule has 1 saturated heterocycles. The SMILES string of the molecule is Cc1ccc(NC(=O)/C(C#N)=C\c2ccc(N3CCOCC3)cc2C)c(C)c1. The van der Waals surface area contributed by atoms with E-state index in [1.54, 1.807) is 6.08 Å². The fourth-order valence-electron chi connectivity index (χ4n) is 3.29. The second-order valence-corrected chi connectivity index (χ2v) is 7.08. The first-order valence-electron chi connectivity index (χ1n) is 9.41. The van der Waals surface area contributed by atoms with E-state index in [0.29, 0.717) is 0 Å². The summed E-state index contributed by atoms with van der Waals surface area (Å²) in [5.41, 5.74) is 5.93. The van der Waals surface area contributed by atoms with Gasteiger partial charge in [0.1, 0.15) is 11.6 Å². The summed E-state index contributed by atoms with van der Waals surface area (Å²) in [5.74, 6) is -0.397. The fraction of sp³-hybridized carbons (Fsp3) is 0.304. The Bertz CT molecular complexity index is 951. The van der Waals surface area contributed by atoms with Crippen LogP contribution in [0.2, 0.25) is 0 Å². The summed E-state index contributed by atoms with van der Waals surface area (Å²) in [5, 5.41) is 12.3. The summed E-state index contributed by atoms with van der Waals surface area (Å²) in [7, 11) is 0. The minimum absolute atomic E-state index is 0.0854. The zero-order chi connectivity index (χ0) is 20.1. The zero-order valence-electron chi connectivity index (χ0n) is 16.6. The number of nitrogens with zero attached hydrogens (tertiary/aromatic N) is 2. The maximum absolute atomic E-state index is 12.6. The van der Waals surface area contributed by atoms with E-state index in [9.17, 15) is 10.1 Å². The fourth-order valence-corrected chi connectivity index (χ4v) is 3.29. The predicted molar refractivity (Wildman–Crippen MR) is 112 cm³/mol. The number of nitrogens with one attached hydrogen (secondary N) is 1. The maximum atomic E-state index is 12.6. The summed E-state index contributed by atoms with van der Waals surface area (Å²) in [6.45, 7) is 9.14. The Labute approximate surface area is 166 Å². The molecule has 1 N–H and O–H groups in total. The molecule has 0 spiro atoms. The minimum Gasteiger partial charge on any atom is -0.378 e. The highest BCUT2D eigenvalue weighted by molar-refractivity contribution is 6.10. The van der Waals surface area contributed by atoms with Gasteiger partial charge in [0.25, 0.3) is 5.91 Å². The molecule has 1 aliphatic rings. The summed E-state index contributed by atoms with van der Waals surface area (Å²) < 4.78 is 5.40. The number of carbonyl (C=O) groups excluding carboxylic acids is 1. The van der Waals surface area contributed by atoms with Crippen LogP contribution in [0.4, 0.5) is 11.4 Å². The Morgan fingerprint density at radius 1 is 1.11 bits per heavy atom. The molecular formula is C23H25N3O2. The number of ether oxygens (including phenoxy) is 1. The van der Waals surface area contributed by atoms with Crippen LogP contribution in [-0.4, -0.2) is 32.2 Å². The van der Waals surface area contributed by atoms with Gasteiger partial charge in [-0.05, 0) is 61.7 Å². The largest absolute Gasteiger partial charge is 0.378 e. The van der Waals surface area contributed by atoms with E-state index in [1.807, 2.05) is 57.2 Å². The smallest absolute Gasteiger partial charge is 0.266 e. The molecule has 28 heavy (non-hydrogen) atoms. The van der Waals surface area contributed by atoms with Gasteiger partial charge in [0.05, 0.1) is 13.2 Å². The lowest BCUT2D eigenvalue weighted by Crippen LogP contribution is -2.36. The van der Waals surface area contributed by atoms with Crippen molar-refractivity contribution in [2.45, 2.75) is 20.8 Å². The Morgan fingerprint density at radius 2 is 1.86 bits per heavy atom. The molecule has 5 heteroatoms. The molecule has 0 saturated carbocycles. The second kappa shape index (κ2) is 8.73. The first kappa shape index (κ1) is 19.7. The third-order valence-corrected chi connectivity index (χ3v) is 4.92. The summed E-state index contributed by atoms with van der Waals surface area (Å²) in [4.78, 5) is 14.9. The number of hydrogen-bond donors (Lipinski definition) is 1. The number of carbonyl (C=O) groups is 1. The van der Waals surface area contributed by atoms with Crippen molar-refractivity contribution in [2.75, 3.05) is 36.5 Å². The van der Waals surface area contributed by atoms with Crippen LogP contribution >= 0.6 is 0 Å². The molecule has 144 valence electrons. The average molecular weight is 375 g/mol. The van der Waals surface area contributed by atoms with E-state index in [-0.39, 0.29) is 5.57 Å². The molecule has 0 atom stereocenters. The third-order valence-electron chi connectivity index (χ3n) is 4.92. The molecular weight excluding hydrogens is 350 g/mol. The van der Waals surface area contributed by atoms with E-state index in [4.69, 9.17) is 4.74 Å². The zero-order valence-corrected chi connectivity index (χ0v) is 16.6. The second-order valence-electron chi connectivity index (χ2n) is 7.08. The quantitative estimate of drug-likeness (QED) is 0.648. The Kier molecular flexibility index (Phi) is 6.13. The molecule has 5 nitrogen and oxygen atoms in total. The standard InChI is InChI=1S/C23H25N3O2/c1-16-4-7-22(18(3)12-16)25-23(27)20(15-24)14-19-5-6-21(13-17(19)2)26-8-10-28-11-9-26/h4-7,12-14H,8-11H2,1-3H3,(H,25,27)/b20-14-.